The summed E-state index contributed by atoms with van der Waals surface area (Å²) in [7, 11) is 2.95. The van der Waals surface area contributed by atoms with Gasteiger partial charge in [0.25, 0.3) is 5.91 Å². The average molecular weight is 290 g/mol. The van der Waals surface area contributed by atoms with Crippen LogP contribution in [0.5, 0.6) is 5.75 Å². The van der Waals surface area contributed by atoms with Crippen molar-refractivity contribution in [2.75, 3.05) is 14.2 Å². The van der Waals surface area contributed by atoms with Crippen LogP contribution in [-0.4, -0.2) is 24.6 Å². The van der Waals surface area contributed by atoms with Crippen LogP contribution in [-0.2, 0) is 11.2 Å². The first-order valence-corrected chi connectivity index (χ1v) is 5.52. The van der Waals surface area contributed by atoms with Gasteiger partial charge in [-0.1, -0.05) is 12.1 Å². The minimum atomic E-state index is -2.07. The highest BCUT2D eigenvalue weighted by Gasteiger charge is 2.34. The molecule has 1 unspecified atom stereocenters. The van der Waals surface area contributed by atoms with Gasteiger partial charge in [-0.05, 0) is 33.6 Å². The van der Waals surface area contributed by atoms with Crippen molar-refractivity contribution in [3.63, 3.8) is 0 Å². The fourth-order valence-corrected chi connectivity index (χ4v) is 1.78. The molecule has 1 atom stereocenters. The monoisotopic (exact) mass is 289 g/mol. The zero-order chi connectivity index (χ0) is 12.2. The Bertz CT molecular complexity index is 365. The Morgan fingerprint density at radius 2 is 2.06 bits per heavy atom. The lowest BCUT2D eigenvalue weighted by Crippen LogP contribution is -2.38. The Kier molecular flexibility index (Phi) is 4.29. The maximum absolute atomic E-state index is 13.8. The summed E-state index contributed by atoms with van der Waals surface area (Å²) in [6, 6.07) is 6.89. The van der Waals surface area contributed by atoms with E-state index in [4.69, 9.17) is 4.74 Å². The van der Waals surface area contributed by atoms with E-state index in [1.54, 1.807) is 31.4 Å². The third-order valence-electron chi connectivity index (χ3n) is 2.14. The van der Waals surface area contributed by atoms with Gasteiger partial charge in [0, 0.05) is 13.5 Å². The van der Waals surface area contributed by atoms with Crippen LogP contribution in [0, 0.1) is 0 Å². The summed E-state index contributed by atoms with van der Waals surface area (Å²) in [5, 5.41) is 2.26. The number of hydrogen-bond donors (Lipinski definition) is 1. The van der Waals surface area contributed by atoms with Crippen molar-refractivity contribution >= 4 is 21.8 Å². The van der Waals surface area contributed by atoms with Gasteiger partial charge >= 0.3 is 0 Å². The summed E-state index contributed by atoms with van der Waals surface area (Å²) in [5.74, 6) is 0.00559. The van der Waals surface area contributed by atoms with Crippen molar-refractivity contribution < 1.29 is 13.9 Å². The molecule has 0 aliphatic heterocycles. The maximum Gasteiger partial charge on any atom is 0.268 e. The van der Waals surface area contributed by atoms with Gasteiger partial charge in [0.2, 0.25) is 4.58 Å². The molecule has 0 aliphatic carbocycles. The van der Waals surface area contributed by atoms with Crippen LogP contribution in [0.3, 0.4) is 0 Å². The number of hydrogen-bond acceptors (Lipinski definition) is 2. The van der Waals surface area contributed by atoms with Gasteiger partial charge in [0.1, 0.15) is 5.75 Å². The fraction of sp³-hybridized carbons (Fsp3) is 0.364. The quantitative estimate of drug-likeness (QED) is 0.862. The maximum atomic E-state index is 13.8. The largest absolute Gasteiger partial charge is 0.497 e. The third kappa shape index (κ3) is 3.20. The molecule has 0 aromatic heterocycles. The van der Waals surface area contributed by atoms with Crippen molar-refractivity contribution in [1.29, 1.82) is 0 Å². The van der Waals surface area contributed by atoms with E-state index >= 15 is 0 Å². The van der Waals surface area contributed by atoms with Crippen molar-refractivity contribution in [3.8, 4) is 5.75 Å². The minimum absolute atomic E-state index is 0.0311. The molecule has 0 radical (unpaired) electrons. The first-order valence-electron chi connectivity index (χ1n) is 4.72. The molecule has 0 bridgehead atoms. The zero-order valence-electron chi connectivity index (χ0n) is 9.09. The highest BCUT2D eigenvalue weighted by atomic mass is 79.9. The Labute approximate surface area is 102 Å². The Morgan fingerprint density at radius 1 is 1.50 bits per heavy atom. The number of amides is 1. The molecule has 1 amide bonds. The van der Waals surface area contributed by atoms with Crippen LogP contribution in [0.1, 0.15) is 5.56 Å². The normalized spacial score (nSPS) is 14.0. The number of benzene rings is 1. The topological polar surface area (TPSA) is 38.3 Å². The van der Waals surface area contributed by atoms with Crippen LogP contribution in [0.2, 0.25) is 0 Å². The van der Waals surface area contributed by atoms with Crippen LogP contribution in [0.25, 0.3) is 0 Å². The van der Waals surface area contributed by atoms with Gasteiger partial charge in [-0.3, -0.25) is 4.79 Å². The van der Waals surface area contributed by atoms with E-state index in [2.05, 4.69) is 21.2 Å². The van der Waals surface area contributed by atoms with E-state index in [-0.39, 0.29) is 6.42 Å². The molecule has 16 heavy (non-hydrogen) atoms. The van der Waals surface area contributed by atoms with E-state index in [0.29, 0.717) is 11.3 Å². The average Bonchev–Trinajstić information content (AvgIpc) is 2.28. The van der Waals surface area contributed by atoms with Gasteiger partial charge in [0.15, 0.2) is 0 Å². The summed E-state index contributed by atoms with van der Waals surface area (Å²) in [5.41, 5.74) is 0.712. The number of nitrogens with one attached hydrogen (secondary N) is 1. The second-order valence-electron chi connectivity index (χ2n) is 3.31. The molecule has 3 nitrogen and oxygen atoms in total. The van der Waals surface area contributed by atoms with Gasteiger partial charge in [-0.2, -0.15) is 0 Å². The summed E-state index contributed by atoms with van der Waals surface area (Å²) < 4.78 is 16.7. The lowest BCUT2D eigenvalue weighted by Gasteiger charge is -2.16. The fourth-order valence-electron chi connectivity index (χ4n) is 1.26. The number of ether oxygens (including phenoxy) is 1. The molecule has 1 rings (SSSR count). The number of methoxy groups -OCH3 is 1. The summed E-state index contributed by atoms with van der Waals surface area (Å²) in [6.07, 6.45) is -0.0311. The van der Waals surface area contributed by atoms with Crippen molar-refractivity contribution in [3.05, 3.63) is 29.8 Å². The van der Waals surface area contributed by atoms with E-state index in [9.17, 15) is 9.18 Å². The van der Waals surface area contributed by atoms with Crippen LogP contribution >= 0.6 is 15.9 Å². The second-order valence-corrected chi connectivity index (χ2v) is 4.57. The Balaban J connectivity index is 2.76. The Hall–Kier alpha value is -1.10. The number of halogens is 2. The van der Waals surface area contributed by atoms with E-state index in [1.807, 2.05) is 0 Å². The van der Waals surface area contributed by atoms with Gasteiger partial charge in [0.05, 0.1) is 7.11 Å². The molecule has 0 fully saturated rings. The van der Waals surface area contributed by atoms with Crippen LogP contribution in [0.4, 0.5) is 4.39 Å². The summed E-state index contributed by atoms with van der Waals surface area (Å²) in [6.45, 7) is 0. The molecule has 0 saturated heterocycles. The van der Waals surface area contributed by atoms with Crippen molar-refractivity contribution in [2.45, 2.75) is 11.0 Å². The standard InChI is InChI=1S/C11H13BrFNO2/c1-14-10(15)11(12,13)7-8-3-5-9(16-2)6-4-8/h3-6H,7H2,1-2H3,(H,14,15). The molecule has 1 aromatic carbocycles. The molecule has 0 saturated carbocycles. The molecular formula is C11H13BrFNO2. The third-order valence-corrected chi connectivity index (χ3v) is 2.78. The molecule has 1 aromatic rings. The molecule has 5 heteroatoms. The number of rotatable bonds is 4. The van der Waals surface area contributed by atoms with Crippen LogP contribution < -0.4 is 10.1 Å². The number of alkyl halides is 2. The lowest BCUT2D eigenvalue weighted by molar-refractivity contribution is -0.126. The molecule has 1 N–H and O–H groups in total. The molecule has 0 spiro atoms. The van der Waals surface area contributed by atoms with E-state index in [0.717, 1.165) is 0 Å². The van der Waals surface area contributed by atoms with Gasteiger partial charge in [-0.15, -0.1) is 0 Å². The lowest BCUT2D eigenvalue weighted by atomic mass is 10.1. The highest BCUT2D eigenvalue weighted by molar-refractivity contribution is 9.10. The molecular weight excluding hydrogens is 277 g/mol. The first kappa shape index (κ1) is 13.0. The minimum Gasteiger partial charge on any atom is -0.497 e. The molecule has 0 aliphatic rings. The molecule has 88 valence electrons. The smallest absolute Gasteiger partial charge is 0.268 e. The van der Waals surface area contributed by atoms with Gasteiger partial charge in [-0.25, -0.2) is 4.39 Å². The summed E-state index contributed by atoms with van der Waals surface area (Å²) in [4.78, 5) is 11.2. The summed E-state index contributed by atoms with van der Waals surface area (Å²) >= 11 is 2.77. The number of carbonyl (C=O) groups excluding carboxylic acids is 1. The highest BCUT2D eigenvalue weighted by Crippen LogP contribution is 2.26. The number of carbonyl (C=O) groups is 1. The first-order chi connectivity index (χ1) is 7.49. The second kappa shape index (κ2) is 5.30. The van der Waals surface area contributed by atoms with Crippen molar-refractivity contribution in [1.82, 2.24) is 5.32 Å². The zero-order valence-corrected chi connectivity index (χ0v) is 10.7. The molecule has 0 heterocycles. The van der Waals surface area contributed by atoms with Gasteiger partial charge < -0.3 is 10.1 Å². The van der Waals surface area contributed by atoms with E-state index in [1.165, 1.54) is 7.05 Å². The SMILES string of the molecule is CNC(=O)C(F)(Br)Cc1ccc(OC)cc1. The van der Waals surface area contributed by atoms with Crippen LogP contribution in [0.15, 0.2) is 24.3 Å². The Morgan fingerprint density at radius 3 is 2.50 bits per heavy atom. The predicted octanol–water partition coefficient (Wildman–Crippen LogP) is 2.04. The predicted molar refractivity (Wildman–Crippen MR) is 63.5 cm³/mol. The van der Waals surface area contributed by atoms with Crippen molar-refractivity contribution in [2.24, 2.45) is 0 Å². The van der Waals surface area contributed by atoms with E-state index < -0.39 is 10.5 Å².